The van der Waals surface area contributed by atoms with E-state index >= 15 is 0 Å². The van der Waals surface area contributed by atoms with Gasteiger partial charge in [-0.25, -0.2) is 9.37 Å². The van der Waals surface area contributed by atoms with Gasteiger partial charge in [-0.05, 0) is 46.8 Å². The fourth-order valence-corrected chi connectivity index (χ4v) is 5.10. The lowest BCUT2D eigenvalue weighted by Gasteiger charge is -2.49. The second kappa shape index (κ2) is 7.73. The van der Waals surface area contributed by atoms with E-state index in [1.807, 2.05) is 6.07 Å². The van der Waals surface area contributed by atoms with Gasteiger partial charge >= 0.3 is 0 Å². The number of halogens is 1. The summed E-state index contributed by atoms with van der Waals surface area (Å²) >= 11 is 0. The van der Waals surface area contributed by atoms with E-state index in [2.05, 4.69) is 58.2 Å². The van der Waals surface area contributed by atoms with Gasteiger partial charge in [-0.1, -0.05) is 0 Å². The van der Waals surface area contributed by atoms with Crippen molar-refractivity contribution in [3.63, 3.8) is 0 Å². The van der Waals surface area contributed by atoms with Crippen LogP contribution >= 0.6 is 0 Å². The number of carbonyl (C=O) groups is 1. The molecule has 1 amide bonds. The zero-order valence-corrected chi connectivity index (χ0v) is 20.0. The summed E-state index contributed by atoms with van der Waals surface area (Å²) < 4.78 is 16.0. The highest BCUT2D eigenvalue weighted by atomic mass is 19.1. The van der Waals surface area contributed by atoms with E-state index in [4.69, 9.17) is 0 Å². The Balaban J connectivity index is 1.51. The summed E-state index contributed by atoms with van der Waals surface area (Å²) in [5.41, 5.74) is 3.53. The minimum absolute atomic E-state index is 0.0965. The molecule has 8 nitrogen and oxygen atoms in total. The zero-order chi connectivity index (χ0) is 24.3. The summed E-state index contributed by atoms with van der Waals surface area (Å²) in [6.45, 7) is 12.1. The van der Waals surface area contributed by atoms with Crippen molar-refractivity contribution in [3.05, 3.63) is 60.1 Å². The minimum Gasteiger partial charge on any atom is -0.366 e. The highest BCUT2D eigenvalue weighted by Crippen LogP contribution is 2.32. The van der Waals surface area contributed by atoms with Crippen LogP contribution in [-0.2, 0) is 0 Å². The number of carbonyl (C=O) groups excluding carboxylic acids is 1. The second-order valence-corrected chi connectivity index (χ2v) is 10.3. The quantitative estimate of drug-likeness (QED) is 0.481. The highest BCUT2D eigenvalue weighted by Gasteiger charge is 2.37. The molecular weight excluding hydrogens is 433 g/mol. The molecular formula is C25H28FN7O. The molecule has 2 N–H and O–H groups in total. The molecule has 4 heterocycles. The van der Waals surface area contributed by atoms with Crippen molar-refractivity contribution in [1.82, 2.24) is 24.7 Å². The summed E-state index contributed by atoms with van der Waals surface area (Å²) in [5.74, 6) is -0.886. The average Bonchev–Trinajstić information content (AvgIpc) is 3.11. The summed E-state index contributed by atoms with van der Waals surface area (Å²) in [6.07, 6.45) is 6.56. The van der Waals surface area contributed by atoms with E-state index in [9.17, 15) is 9.18 Å². The van der Waals surface area contributed by atoms with Crippen molar-refractivity contribution in [2.45, 2.75) is 45.7 Å². The molecule has 1 aliphatic heterocycles. The van der Waals surface area contributed by atoms with Gasteiger partial charge in [0.05, 0.1) is 22.6 Å². The van der Waals surface area contributed by atoms with Crippen LogP contribution in [0.2, 0.25) is 0 Å². The van der Waals surface area contributed by atoms with Gasteiger partial charge in [0, 0.05) is 55.0 Å². The van der Waals surface area contributed by atoms with Crippen LogP contribution in [0.15, 0.2) is 43.0 Å². The van der Waals surface area contributed by atoms with Gasteiger partial charge in [-0.15, -0.1) is 0 Å². The third-order valence-electron chi connectivity index (χ3n) is 5.92. The molecule has 0 unspecified atom stereocenters. The Kier molecular flexibility index (Phi) is 5.05. The largest absolute Gasteiger partial charge is 0.366 e. The summed E-state index contributed by atoms with van der Waals surface area (Å²) in [5, 5.41) is 6.48. The molecule has 5 rings (SSSR count). The Hall–Kier alpha value is -3.59. The van der Waals surface area contributed by atoms with Gasteiger partial charge in [0.1, 0.15) is 11.0 Å². The van der Waals surface area contributed by atoms with Gasteiger partial charge in [-0.3, -0.25) is 14.8 Å². The van der Waals surface area contributed by atoms with Gasteiger partial charge in [0.2, 0.25) is 0 Å². The zero-order valence-electron chi connectivity index (χ0n) is 20.0. The fourth-order valence-electron chi connectivity index (χ4n) is 5.10. The average molecular weight is 462 g/mol. The Morgan fingerprint density at radius 2 is 1.74 bits per heavy atom. The third-order valence-corrected chi connectivity index (χ3v) is 5.92. The summed E-state index contributed by atoms with van der Waals surface area (Å²) in [4.78, 5) is 28.7. The monoisotopic (exact) mass is 461 g/mol. The number of pyridine rings is 1. The molecule has 0 bridgehead atoms. The van der Waals surface area contributed by atoms with Crippen molar-refractivity contribution < 1.29 is 9.18 Å². The van der Waals surface area contributed by atoms with Crippen LogP contribution in [0.5, 0.6) is 0 Å². The maximum Gasteiger partial charge on any atom is 0.257 e. The van der Waals surface area contributed by atoms with Crippen molar-refractivity contribution in [3.8, 4) is 0 Å². The number of nitrogens with one attached hydrogen (secondary N) is 2. The molecule has 34 heavy (non-hydrogen) atoms. The highest BCUT2D eigenvalue weighted by molar-refractivity contribution is 6.13. The number of amides is 1. The molecule has 1 aliphatic rings. The van der Waals surface area contributed by atoms with Crippen LogP contribution < -0.4 is 15.5 Å². The van der Waals surface area contributed by atoms with Crippen molar-refractivity contribution in [2.24, 2.45) is 0 Å². The number of aromatic nitrogens is 4. The molecule has 1 fully saturated rings. The number of hydrogen-bond donors (Lipinski definition) is 2. The van der Waals surface area contributed by atoms with Crippen LogP contribution in [-0.4, -0.2) is 49.4 Å². The third kappa shape index (κ3) is 4.07. The number of piperazine rings is 1. The lowest BCUT2D eigenvalue weighted by atomic mass is 9.91. The minimum atomic E-state index is -0.505. The molecule has 4 aromatic rings. The number of fused-ring (bicyclic) bond motifs is 2. The van der Waals surface area contributed by atoms with E-state index in [-0.39, 0.29) is 22.6 Å². The first-order valence-electron chi connectivity index (χ1n) is 11.3. The van der Waals surface area contributed by atoms with Gasteiger partial charge in [0.25, 0.3) is 5.91 Å². The number of hydrogen-bond acceptors (Lipinski definition) is 6. The number of aryl methyl sites for hydroxylation is 1. The SMILES string of the molecule is Cc1cn2cc(NC(=O)c3ccc(N4CC(C)(C)NC(C)(C)C4)c4nccnc34)cc(F)c2n1. The molecule has 0 radical (unpaired) electrons. The second-order valence-electron chi connectivity index (χ2n) is 10.3. The van der Waals surface area contributed by atoms with E-state index < -0.39 is 5.82 Å². The number of benzene rings is 1. The predicted molar refractivity (Wildman–Crippen MR) is 131 cm³/mol. The molecule has 0 saturated carbocycles. The normalized spacial score (nSPS) is 17.3. The standard InChI is InChI=1S/C25H28FN7O/c1-15-11-32-12-16(10-18(26)22(32)29-15)30-23(34)17-6-7-19(21-20(17)27-8-9-28-21)33-13-24(2,3)31-25(4,5)14-33/h6-12,31H,13-14H2,1-5H3,(H,30,34). The maximum absolute atomic E-state index is 14.5. The first-order valence-corrected chi connectivity index (χ1v) is 11.3. The molecule has 176 valence electrons. The Bertz CT molecular complexity index is 1410. The first-order chi connectivity index (χ1) is 16.0. The van der Waals surface area contributed by atoms with E-state index in [0.717, 1.165) is 18.8 Å². The lowest BCUT2D eigenvalue weighted by Crippen LogP contribution is -2.67. The van der Waals surface area contributed by atoms with Crippen LogP contribution in [0.1, 0.15) is 43.7 Å². The molecule has 9 heteroatoms. The Morgan fingerprint density at radius 3 is 2.44 bits per heavy atom. The van der Waals surface area contributed by atoms with E-state index in [1.165, 1.54) is 6.07 Å². The topological polar surface area (TPSA) is 87.5 Å². The van der Waals surface area contributed by atoms with E-state index in [0.29, 0.717) is 28.0 Å². The number of imidazole rings is 1. The van der Waals surface area contributed by atoms with Gasteiger partial charge < -0.3 is 19.9 Å². The number of nitrogens with zero attached hydrogens (tertiary/aromatic N) is 5. The maximum atomic E-state index is 14.5. The Labute approximate surface area is 197 Å². The van der Waals surface area contributed by atoms with Crippen molar-refractivity contribution in [1.29, 1.82) is 0 Å². The molecule has 0 atom stereocenters. The molecule has 3 aromatic heterocycles. The van der Waals surface area contributed by atoms with Crippen LogP contribution in [0.4, 0.5) is 15.8 Å². The Morgan fingerprint density at radius 1 is 1.06 bits per heavy atom. The molecule has 0 aliphatic carbocycles. The molecule has 1 saturated heterocycles. The van der Waals surface area contributed by atoms with Crippen molar-refractivity contribution in [2.75, 3.05) is 23.3 Å². The van der Waals surface area contributed by atoms with Crippen LogP contribution in [0.3, 0.4) is 0 Å². The predicted octanol–water partition coefficient (Wildman–Crippen LogP) is 3.94. The number of rotatable bonds is 3. The number of anilines is 2. The lowest BCUT2D eigenvalue weighted by molar-refractivity contribution is 0.102. The van der Waals surface area contributed by atoms with Gasteiger partial charge in [-0.2, -0.15) is 0 Å². The van der Waals surface area contributed by atoms with Crippen molar-refractivity contribution >= 4 is 34.0 Å². The summed E-state index contributed by atoms with van der Waals surface area (Å²) in [7, 11) is 0. The first kappa shape index (κ1) is 22.2. The fraction of sp³-hybridized carbons (Fsp3) is 0.360. The molecule has 0 spiro atoms. The molecule has 1 aromatic carbocycles. The van der Waals surface area contributed by atoms with E-state index in [1.54, 1.807) is 42.2 Å². The van der Waals surface area contributed by atoms with Gasteiger partial charge in [0.15, 0.2) is 11.5 Å². The van der Waals surface area contributed by atoms with Crippen LogP contribution in [0, 0.1) is 12.7 Å². The smallest absolute Gasteiger partial charge is 0.257 e. The van der Waals surface area contributed by atoms with Crippen LogP contribution in [0.25, 0.3) is 16.7 Å². The summed E-state index contributed by atoms with van der Waals surface area (Å²) in [6, 6.07) is 4.96.